The average Bonchev–Trinajstić information content (AvgIpc) is 2.91. The molecular weight excluding hydrogens is 274 g/mol. The summed E-state index contributed by atoms with van der Waals surface area (Å²) in [5.41, 5.74) is 1.31. The van der Waals surface area contributed by atoms with Crippen LogP contribution in [-0.2, 0) is 6.42 Å². The first-order valence-electron chi connectivity index (χ1n) is 7.22. The number of nitrogens with one attached hydrogen (secondary N) is 1. The Balaban J connectivity index is 1.96. The zero-order chi connectivity index (χ0) is 13.7. The number of thioether (sulfide) groups is 2. The molecule has 1 fully saturated rings. The van der Waals surface area contributed by atoms with Crippen LogP contribution in [0.2, 0.25) is 0 Å². The molecule has 0 aliphatic carbocycles. The molecule has 1 saturated heterocycles. The van der Waals surface area contributed by atoms with Crippen molar-refractivity contribution in [2.75, 3.05) is 12.3 Å². The molecule has 2 rings (SSSR count). The van der Waals surface area contributed by atoms with E-state index in [1.807, 2.05) is 6.26 Å². The minimum absolute atomic E-state index is 0.560. The Kier molecular flexibility index (Phi) is 6.17. The van der Waals surface area contributed by atoms with Gasteiger partial charge < -0.3 is 9.73 Å². The molecule has 0 spiro atoms. The monoisotopic (exact) mass is 299 g/mol. The molecule has 1 aromatic heterocycles. The summed E-state index contributed by atoms with van der Waals surface area (Å²) in [6, 6.07) is 2.65. The van der Waals surface area contributed by atoms with Gasteiger partial charge >= 0.3 is 0 Å². The van der Waals surface area contributed by atoms with Gasteiger partial charge in [0.15, 0.2) is 0 Å². The predicted octanol–water partition coefficient (Wildman–Crippen LogP) is 3.82. The van der Waals surface area contributed by atoms with Crippen molar-refractivity contribution >= 4 is 23.5 Å². The molecule has 108 valence electrons. The molecule has 0 saturated carbocycles. The van der Waals surface area contributed by atoms with E-state index in [-0.39, 0.29) is 0 Å². The number of furan rings is 1. The van der Waals surface area contributed by atoms with Crippen molar-refractivity contribution < 1.29 is 4.42 Å². The zero-order valence-electron chi connectivity index (χ0n) is 12.1. The van der Waals surface area contributed by atoms with Crippen LogP contribution in [0.3, 0.4) is 0 Å². The maximum atomic E-state index is 5.21. The first-order chi connectivity index (χ1) is 9.20. The van der Waals surface area contributed by atoms with Gasteiger partial charge in [-0.1, -0.05) is 20.8 Å². The summed E-state index contributed by atoms with van der Waals surface area (Å²) in [4.78, 5) is 0. The number of rotatable bonds is 6. The quantitative estimate of drug-likeness (QED) is 0.863. The third-order valence-corrected chi connectivity index (χ3v) is 7.27. The smallest absolute Gasteiger partial charge is 0.0935 e. The lowest BCUT2D eigenvalue weighted by Crippen LogP contribution is -2.45. The maximum Gasteiger partial charge on any atom is 0.0935 e. The molecule has 4 unspecified atom stereocenters. The van der Waals surface area contributed by atoms with Crippen LogP contribution in [0.25, 0.3) is 0 Å². The highest BCUT2D eigenvalue weighted by molar-refractivity contribution is 8.07. The first kappa shape index (κ1) is 15.3. The van der Waals surface area contributed by atoms with Gasteiger partial charge in [0.2, 0.25) is 0 Å². The fourth-order valence-corrected chi connectivity index (χ4v) is 5.48. The van der Waals surface area contributed by atoms with Crippen LogP contribution in [0.5, 0.6) is 0 Å². The van der Waals surface area contributed by atoms with E-state index in [4.69, 9.17) is 4.42 Å². The summed E-state index contributed by atoms with van der Waals surface area (Å²) in [7, 11) is 0. The SMILES string of the molecule is CCCNC(Cc1ccoc1)C1CSC(C)C(C)S1. The van der Waals surface area contributed by atoms with Crippen molar-refractivity contribution in [1.29, 1.82) is 0 Å². The van der Waals surface area contributed by atoms with Crippen molar-refractivity contribution in [3.05, 3.63) is 24.2 Å². The Hall–Kier alpha value is -0.0600. The van der Waals surface area contributed by atoms with Crippen LogP contribution in [-0.4, -0.2) is 34.1 Å². The van der Waals surface area contributed by atoms with Crippen LogP contribution in [0.15, 0.2) is 23.0 Å². The van der Waals surface area contributed by atoms with Gasteiger partial charge in [-0.2, -0.15) is 23.5 Å². The summed E-state index contributed by atoms with van der Waals surface area (Å²) in [6.07, 6.45) is 5.93. The first-order valence-corrected chi connectivity index (χ1v) is 9.21. The summed E-state index contributed by atoms with van der Waals surface area (Å²) in [6.45, 7) is 8.05. The normalized spacial score (nSPS) is 29.3. The molecule has 4 atom stereocenters. The Morgan fingerprint density at radius 1 is 1.42 bits per heavy atom. The topological polar surface area (TPSA) is 25.2 Å². The molecular formula is C15H25NOS2. The largest absolute Gasteiger partial charge is 0.472 e. The molecule has 0 radical (unpaired) electrons. The van der Waals surface area contributed by atoms with Crippen molar-refractivity contribution in [1.82, 2.24) is 5.32 Å². The molecule has 1 aliphatic heterocycles. The lowest BCUT2D eigenvalue weighted by Gasteiger charge is -2.36. The van der Waals surface area contributed by atoms with E-state index in [0.717, 1.165) is 23.5 Å². The third kappa shape index (κ3) is 4.47. The Bertz CT molecular complexity index is 355. The summed E-state index contributed by atoms with van der Waals surface area (Å²) in [5, 5.41) is 5.97. The molecule has 0 aromatic carbocycles. The summed E-state index contributed by atoms with van der Waals surface area (Å²) < 4.78 is 5.21. The van der Waals surface area contributed by atoms with Crippen LogP contribution < -0.4 is 5.32 Å². The minimum Gasteiger partial charge on any atom is -0.472 e. The zero-order valence-corrected chi connectivity index (χ0v) is 13.7. The van der Waals surface area contributed by atoms with Crippen LogP contribution >= 0.6 is 23.5 Å². The van der Waals surface area contributed by atoms with E-state index in [0.29, 0.717) is 11.3 Å². The van der Waals surface area contributed by atoms with Gasteiger partial charge in [-0.25, -0.2) is 0 Å². The van der Waals surface area contributed by atoms with E-state index >= 15 is 0 Å². The fraction of sp³-hybridized carbons (Fsp3) is 0.733. The van der Waals surface area contributed by atoms with Crippen molar-refractivity contribution in [2.45, 2.75) is 55.4 Å². The van der Waals surface area contributed by atoms with Crippen molar-refractivity contribution in [3.63, 3.8) is 0 Å². The highest BCUT2D eigenvalue weighted by Gasteiger charge is 2.31. The van der Waals surface area contributed by atoms with E-state index in [9.17, 15) is 0 Å². The fourth-order valence-electron chi connectivity index (χ4n) is 2.35. The summed E-state index contributed by atoms with van der Waals surface area (Å²) in [5.74, 6) is 1.26. The molecule has 2 nitrogen and oxygen atoms in total. The molecule has 19 heavy (non-hydrogen) atoms. The lowest BCUT2D eigenvalue weighted by molar-refractivity contribution is 0.498. The molecule has 4 heteroatoms. The highest BCUT2D eigenvalue weighted by atomic mass is 32.2. The molecule has 2 heterocycles. The molecule has 1 aromatic rings. The van der Waals surface area contributed by atoms with Gasteiger partial charge in [-0.15, -0.1) is 0 Å². The lowest BCUT2D eigenvalue weighted by atomic mass is 10.1. The van der Waals surface area contributed by atoms with Crippen molar-refractivity contribution in [2.24, 2.45) is 0 Å². The van der Waals surface area contributed by atoms with Gasteiger partial charge in [-0.05, 0) is 31.0 Å². The van der Waals surface area contributed by atoms with Gasteiger partial charge in [-0.3, -0.25) is 0 Å². The van der Waals surface area contributed by atoms with Gasteiger partial charge in [0.05, 0.1) is 12.5 Å². The Morgan fingerprint density at radius 3 is 2.89 bits per heavy atom. The van der Waals surface area contributed by atoms with Crippen LogP contribution in [0.1, 0.15) is 32.8 Å². The molecule has 0 amide bonds. The van der Waals surface area contributed by atoms with Gasteiger partial charge in [0, 0.05) is 27.5 Å². The second kappa shape index (κ2) is 7.65. The predicted molar refractivity (Wildman–Crippen MR) is 87.3 cm³/mol. The molecule has 1 N–H and O–H groups in total. The van der Waals surface area contributed by atoms with Crippen LogP contribution in [0.4, 0.5) is 0 Å². The van der Waals surface area contributed by atoms with E-state index in [2.05, 4.69) is 55.7 Å². The summed E-state index contributed by atoms with van der Waals surface area (Å²) >= 11 is 4.29. The minimum atomic E-state index is 0.560. The standard InChI is InChI=1S/C15H25NOS2/c1-4-6-16-14(8-13-5-7-17-9-13)15-10-18-11(2)12(3)19-15/h5,7,9,11-12,14-16H,4,6,8,10H2,1-3H3. The number of hydrogen-bond donors (Lipinski definition) is 1. The van der Waals surface area contributed by atoms with Crippen LogP contribution in [0, 0.1) is 0 Å². The Morgan fingerprint density at radius 2 is 2.26 bits per heavy atom. The third-order valence-electron chi connectivity index (χ3n) is 3.71. The van der Waals surface area contributed by atoms with E-state index < -0.39 is 0 Å². The molecule has 1 aliphatic rings. The average molecular weight is 300 g/mol. The number of hydrogen-bond acceptors (Lipinski definition) is 4. The van der Waals surface area contributed by atoms with Gasteiger partial charge in [0.1, 0.15) is 0 Å². The van der Waals surface area contributed by atoms with Gasteiger partial charge in [0.25, 0.3) is 0 Å². The second-order valence-electron chi connectivity index (χ2n) is 5.31. The maximum absolute atomic E-state index is 5.21. The highest BCUT2D eigenvalue weighted by Crippen LogP contribution is 2.37. The molecule has 0 bridgehead atoms. The van der Waals surface area contributed by atoms with E-state index in [1.165, 1.54) is 17.7 Å². The Labute approximate surface area is 125 Å². The van der Waals surface area contributed by atoms with E-state index in [1.54, 1.807) is 6.26 Å². The van der Waals surface area contributed by atoms with Crippen molar-refractivity contribution in [3.8, 4) is 0 Å². The second-order valence-corrected chi connectivity index (χ2v) is 8.35.